The maximum atomic E-state index is 12.5. The number of carbonyl (C=O) groups excluding carboxylic acids is 2. The highest BCUT2D eigenvalue weighted by molar-refractivity contribution is 5.92. The molecular formula is C22H28N2O3. The third-order valence-electron chi connectivity index (χ3n) is 4.50. The molecule has 0 aromatic heterocycles. The van der Waals surface area contributed by atoms with Crippen LogP contribution in [0.15, 0.2) is 54.6 Å². The van der Waals surface area contributed by atoms with E-state index in [1.54, 1.807) is 31.0 Å². The fraction of sp³-hybridized carbons (Fsp3) is 0.364. The maximum absolute atomic E-state index is 12.5. The van der Waals surface area contributed by atoms with Crippen LogP contribution in [0.2, 0.25) is 0 Å². The van der Waals surface area contributed by atoms with Crippen molar-refractivity contribution in [1.29, 1.82) is 0 Å². The Labute approximate surface area is 161 Å². The van der Waals surface area contributed by atoms with Crippen LogP contribution in [0.5, 0.6) is 0 Å². The van der Waals surface area contributed by atoms with Crippen LogP contribution in [-0.4, -0.2) is 43.0 Å². The monoisotopic (exact) mass is 368 g/mol. The SMILES string of the molecule is CCN(CC)c1ccc(C(=O)OC(C)C(=O)N(C)Cc2ccccc2)cc1. The molecule has 0 spiro atoms. The zero-order valence-corrected chi connectivity index (χ0v) is 16.5. The summed E-state index contributed by atoms with van der Waals surface area (Å²) in [6, 6.07) is 17.0. The van der Waals surface area contributed by atoms with Gasteiger partial charge in [0.1, 0.15) is 0 Å². The topological polar surface area (TPSA) is 49.9 Å². The summed E-state index contributed by atoms with van der Waals surface area (Å²) in [5.74, 6) is -0.720. The normalized spacial score (nSPS) is 11.6. The highest BCUT2D eigenvalue weighted by atomic mass is 16.5. The first-order valence-electron chi connectivity index (χ1n) is 9.31. The summed E-state index contributed by atoms with van der Waals surface area (Å²) in [6.45, 7) is 8.06. The van der Waals surface area contributed by atoms with Crippen LogP contribution in [-0.2, 0) is 16.1 Å². The van der Waals surface area contributed by atoms with Crippen molar-refractivity contribution >= 4 is 17.6 Å². The van der Waals surface area contributed by atoms with Gasteiger partial charge in [0, 0.05) is 32.4 Å². The van der Waals surface area contributed by atoms with Crippen molar-refractivity contribution in [2.75, 3.05) is 25.0 Å². The summed E-state index contributed by atoms with van der Waals surface area (Å²) in [6.07, 6.45) is -0.839. The van der Waals surface area contributed by atoms with Crippen molar-refractivity contribution in [2.24, 2.45) is 0 Å². The third kappa shape index (κ3) is 5.58. The average molecular weight is 368 g/mol. The van der Waals surface area contributed by atoms with Crippen LogP contribution in [0, 0.1) is 0 Å². The largest absolute Gasteiger partial charge is 0.449 e. The lowest BCUT2D eigenvalue weighted by Crippen LogP contribution is -2.37. The lowest BCUT2D eigenvalue weighted by molar-refractivity contribution is -0.139. The molecule has 0 N–H and O–H groups in total. The minimum Gasteiger partial charge on any atom is -0.449 e. The lowest BCUT2D eigenvalue weighted by Gasteiger charge is -2.22. The molecule has 2 aromatic carbocycles. The van der Waals surface area contributed by atoms with Crippen molar-refractivity contribution < 1.29 is 14.3 Å². The molecule has 0 bridgehead atoms. The smallest absolute Gasteiger partial charge is 0.338 e. The molecule has 0 aliphatic rings. The first-order chi connectivity index (χ1) is 13.0. The van der Waals surface area contributed by atoms with Gasteiger partial charge >= 0.3 is 5.97 Å². The third-order valence-corrected chi connectivity index (χ3v) is 4.50. The average Bonchev–Trinajstić information content (AvgIpc) is 2.69. The Morgan fingerprint density at radius 1 is 0.963 bits per heavy atom. The minimum absolute atomic E-state index is 0.230. The molecule has 0 aliphatic carbocycles. The molecule has 0 radical (unpaired) electrons. The number of likely N-dealkylation sites (N-methyl/N-ethyl adjacent to an activating group) is 1. The van der Waals surface area contributed by atoms with E-state index < -0.39 is 12.1 Å². The van der Waals surface area contributed by atoms with Gasteiger partial charge in [0.15, 0.2) is 6.10 Å². The summed E-state index contributed by atoms with van der Waals surface area (Å²) in [5, 5.41) is 0. The molecule has 0 fully saturated rings. The van der Waals surface area contributed by atoms with Gasteiger partial charge in [0.05, 0.1) is 5.56 Å². The van der Waals surface area contributed by atoms with Gasteiger partial charge in [0.2, 0.25) is 0 Å². The van der Waals surface area contributed by atoms with E-state index in [0.717, 1.165) is 24.3 Å². The van der Waals surface area contributed by atoms with Gasteiger partial charge < -0.3 is 14.5 Å². The molecule has 0 aliphatic heterocycles. The van der Waals surface area contributed by atoms with Gasteiger partial charge in [-0.25, -0.2) is 4.79 Å². The lowest BCUT2D eigenvalue weighted by atomic mass is 10.2. The molecule has 1 atom stereocenters. The van der Waals surface area contributed by atoms with Gasteiger partial charge in [-0.15, -0.1) is 0 Å². The van der Waals surface area contributed by atoms with Gasteiger partial charge in [-0.05, 0) is 50.6 Å². The van der Waals surface area contributed by atoms with E-state index >= 15 is 0 Å². The fourth-order valence-electron chi connectivity index (χ4n) is 2.92. The molecule has 1 amide bonds. The molecule has 144 valence electrons. The summed E-state index contributed by atoms with van der Waals surface area (Å²) in [7, 11) is 1.71. The number of nitrogens with zero attached hydrogens (tertiary/aromatic N) is 2. The highest BCUT2D eigenvalue weighted by Gasteiger charge is 2.22. The molecule has 5 heteroatoms. The van der Waals surface area contributed by atoms with Crippen LogP contribution >= 0.6 is 0 Å². The van der Waals surface area contributed by atoms with Crippen molar-refractivity contribution in [3.05, 3.63) is 65.7 Å². The molecular weight excluding hydrogens is 340 g/mol. The molecule has 27 heavy (non-hydrogen) atoms. The van der Waals surface area contributed by atoms with Crippen molar-refractivity contribution in [1.82, 2.24) is 4.90 Å². The highest BCUT2D eigenvalue weighted by Crippen LogP contribution is 2.16. The molecule has 2 aromatic rings. The number of anilines is 1. The van der Waals surface area contributed by atoms with E-state index in [-0.39, 0.29) is 5.91 Å². The molecule has 0 saturated carbocycles. The first-order valence-corrected chi connectivity index (χ1v) is 9.31. The molecule has 0 saturated heterocycles. The second kappa shape index (κ2) is 9.76. The quantitative estimate of drug-likeness (QED) is 0.666. The zero-order valence-electron chi connectivity index (χ0n) is 16.5. The molecule has 0 heterocycles. The van der Waals surface area contributed by atoms with Crippen LogP contribution in [0.3, 0.4) is 0 Å². The number of amides is 1. The number of carbonyl (C=O) groups is 2. The van der Waals surface area contributed by atoms with E-state index in [2.05, 4.69) is 18.7 Å². The van der Waals surface area contributed by atoms with Crippen molar-refractivity contribution in [3.63, 3.8) is 0 Å². The molecule has 5 nitrogen and oxygen atoms in total. The molecule has 1 unspecified atom stereocenters. The second-order valence-corrected chi connectivity index (χ2v) is 6.45. The Hall–Kier alpha value is -2.82. The number of hydrogen-bond acceptors (Lipinski definition) is 4. The van der Waals surface area contributed by atoms with Crippen LogP contribution < -0.4 is 4.90 Å². The van der Waals surface area contributed by atoms with E-state index in [4.69, 9.17) is 4.74 Å². The number of rotatable bonds is 8. The van der Waals surface area contributed by atoms with Gasteiger partial charge in [-0.3, -0.25) is 4.79 Å². The predicted octanol–water partition coefficient (Wildman–Crippen LogP) is 3.74. The van der Waals surface area contributed by atoms with Crippen molar-refractivity contribution in [2.45, 2.75) is 33.4 Å². The van der Waals surface area contributed by atoms with Crippen LogP contribution in [0.4, 0.5) is 5.69 Å². The van der Waals surface area contributed by atoms with E-state index in [1.165, 1.54) is 0 Å². The van der Waals surface area contributed by atoms with E-state index in [9.17, 15) is 9.59 Å². The van der Waals surface area contributed by atoms with Crippen LogP contribution in [0.1, 0.15) is 36.7 Å². The zero-order chi connectivity index (χ0) is 19.8. The summed E-state index contributed by atoms with van der Waals surface area (Å²) >= 11 is 0. The Morgan fingerprint density at radius 3 is 2.11 bits per heavy atom. The number of ether oxygens (including phenoxy) is 1. The first kappa shape index (κ1) is 20.5. The Morgan fingerprint density at radius 2 is 1.56 bits per heavy atom. The maximum Gasteiger partial charge on any atom is 0.338 e. The number of esters is 1. The predicted molar refractivity (Wildman–Crippen MR) is 108 cm³/mol. The summed E-state index contributed by atoms with van der Waals surface area (Å²) in [5.41, 5.74) is 2.53. The standard InChI is InChI=1S/C22H28N2O3/c1-5-24(6-2)20-14-12-19(13-15-20)22(26)27-17(3)21(25)23(4)16-18-10-8-7-9-11-18/h7-15,17H,5-6,16H2,1-4H3. The van der Waals surface area contributed by atoms with Crippen molar-refractivity contribution in [3.8, 4) is 0 Å². The van der Waals surface area contributed by atoms with Gasteiger partial charge in [0.25, 0.3) is 5.91 Å². The fourth-order valence-corrected chi connectivity index (χ4v) is 2.92. The Kier molecular flexibility index (Phi) is 7.41. The van der Waals surface area contributed by atoms with E-state index in [1.807, 2.05) is 42.5 Å². The Balaban J connectivity index is 1.94. The number of hydrogen-bond donors (Lipinski definition) is 0. The second-order valence-electron chi connectivity index (χ2n) is 6.45. The molecule has 2 rings (SSSR count). The summed E-state index contributed by atoms with van der Waals surface area (Å²) < 4.78 is 5.37. The van der Waals surface area contributed by atoms with Crippen LogP contribution in [0.25, 0.3) is 0 Å². The Bertz CT molecular complexity index is 740. The van der Waals surface area contributed by atoms with Gasteiger partial charge in [-0.1, -0.05) is 30.3 Å². The summed E-state index contributed by atoms with van der Waals surface area (Å²) in [4.78, 5) is 28.6. The van der Waals surface area contributed by atoms with Gasteiger partial charge in [-0.2, -0.15) is 0 Å². The van der Waals surface area contributed by atoms with E-state index in [0.29, 0.717) is 12.1 Å². The minimum atomic E-state index is -0.839. The number of benzene rings is 2.